The largest absolute Gasteiger partial charge is 0.465 e. The SMILES string of the molecule is CCOC(=O)C(C)(C)c1csc(Nc2cnn(C)c2)n1. The van der Waals surface area contributed by atoms with Crippen LogP contribution >= 0.6 is 11.3 Å². The molecule has 0 spiro atoms. The Bertz CT molecular complexity index is 603. The number of anilines is 2. The maximum Gasteiger partial charge on any atom is 0.317 e. The van der Waals surface area contributed by atoms with E-state index in [-0.39, 0.29) is 5.97 Å². The first-order valence-corrected chi connectivity index (χ1v) is 7.20. The standard InChI is InChI=1S/C13H18N4O2S/c1-5-19-11(18)13(2,3)10-8-20-12(16-10)15-9-6-14-17(4)7-9/h6-8H,5H2,1-4H3,(H,15,16). The van der Waals surface area contributed by atoms with Crippen molar-refractivity contribution in [1.29, 1.82) is 0 Å². The van der Waals surface area contributed by atoms with Crippen molar-refractivity contribution >= 4 is 28.1 Å². The molecule has 0 aliphatic rings. The van der Waals surface area contributed by atoms with E-state index in [1.807, 2.05) is 32.5 Å². The van der Waals surface area contributed by atoms with Crippen LogP contribution in [0.4, 0.5) is 10.8 Å². The molecule has 2 aromatic heterocycles. The normalized spacial score (nSPS) is 11.4. The molecule has 0 saturated heterocycles. The van der Waals surface area contributed by atoms with Crippen LogP contribution in [0.15, 0.2) is 17.8 Å². The molecule has 0 aliphatic heterocycles. The summed E-state index contributed by atoms with van der Waals surface area (Å²) in [5, 5.41) is 9.84. The third kappa shape index (κ3) is 2.98. The van der Waals surface area contributed by atoms with Crippen LogP contribution in [0.25, 0.3) is 0 Å². The Hall–Kier alpha value is -1.89. The molecular weight excluding hydrogens is 276 g/mol. The van der Waals surface area contributed by atoms with Crippen molar-refractivity contribution in [2.75, 3.05) is 11.9 Å². The number of nitrogens with zero attached hydrogens (tertiary/aromatic N) is 3. The van der Waals surface area contributed by atoms with Crippen LogP contribution in [0.3, 0.4) is 0 Å². The van der Waals surface area contributed by atoms with Gasteiger partial charge >= 0.3 is 5.97 Å². The fraction of sp³-hybridized carbons (Fsp3) is 0.462. The van der Waals surface area contributed by atoms with Crippen LogP contribution in [-0.2, 0) is 22.0 Å². The van der Waals surface area contributed by atoms with Gasteiger partial charge < -0.3 is 10.1 Å². The molecule has 0 atom stereocenters. The molecule has 0 amide bonds. The third-order valence-electron chi connectivity index (χ3n) is 2.89. The highest BCUT2D eigenvalue weighted by Gasteiger charge is 2.33. The van der Waals surface area contributed by atoms with Gasteiger partial charge in [-0.15, -0.1) is 11.3 Å². The van der Waals surface area contributed by atoms with Gasteiger partial charge in [-0.3, -0.25) is 9.48 Å². The summed E-state index contributed by atoms with van der Waals surface area (Å²) in [7, 11) is 1.85. The highest BCUT2D eigenvalue weighted by molar-refractivity contribution is 7.13. The minimum absolute atomic E-state index is 0.266. The van der Waals surface area contributed by atoms with Crippen molar-refractivity contribution in [2.45, 2.75) is 26.2 Å². The Morgan fingerprint density at radius 1 is 1.55 bits per heavy atom. The van der Waals surface area contributed by atoms with Gasteiger partial charge in [0.25, 0.3) is 0 Å². The Kier molecular flexibility index (Phi) is 4.08. The van der Waals surface area contributed by atoms with E-state index in [9.17, 15) is 4.79 Å². The fourth-order valence-corrected chi connectivity index (χ4v) is 2.54. The monoisotopic (exact) mass is 294 g/mol. The molecule has 0 radical (unpaired) electrons. The lowest BCUT2D eigenvalue weighted by Crippen LogP contribution is -2.31. The number of esters is 1. The van der Waals surface area contributed by atoms with Gasteiger partial charge in [0.15, 0.2) is 5.13 Å². The van der Waals surface area contributed by atoms with Crippen molar-refractivity contribution in [2.24, 2.45) is 7.05 Å². The topological polar surface area (TPSA) is 69.0 Å². The zero-order valence-electron chi connectivity index (χ0n) is 12.0. The van der Waals surface area contributed by atoms with E-state index in [4.69, 9.17) is 4.74 Å². The number of aryl methyl sites for hydroxylation is 1. The second kappa shape index (κ2) is 5.62. The summed E-state index contributed by atoms with van der Waals surface area (Å²) in [6, 6.07) is 0. The highest BCUT2D eigenvalue weighted by Crippen LogP contribution is 2.29. The van der Waals surface area contributed by atoms with Gasteiger partial charge in [0.1, 0.15) is 5.41 Å². The number of ether oxygens (including phenoxy) is 1. The summed E-state index contributed by atoms with van der Waals surface area (Å²) in [6.07, 6.45) is 3.58. The molecule has 0 aromatic carbocycles. The molecule has 0 bridgehead atoms. The quantitative estimate of drug-likeness (QED) is 0.858. The van der Waals surface area contributed by atoms with E-state index in [0.29, 0.717) is 12.3 Å². The Morgan fingerprint density at radius 3 is 2.90 bits per heavy atom. The lowest BCUT2D eigenvalue weighted by Gasteiger charge is -2.19. The molecule has 6 nitrogen and oxygen atoms in total. The first-order valence-electron chi connectivity index (χ1n) is 6.32. The smallest absolute Gasteiger partial charge is 0.317 e. The molecular formula is C13H18N4O2S. The van der Waals surface area contributed by atoms with Crippen LogP contribution in [0, 0.1) is 0 Å². The lowest BCUT2D eigenvalue weighted by molar-refractivity contribution is -0.148. The summed E-state index contributed by atoms with van der Waals surface area (Å²) in [5.74, 6) is -0.266. The molecule has 0 fully saturated rings. The van der Waals surface area contributed by atoms with E-state index in [2.05, 4.69) is 15.4 Å². The number of nitrogens with one attached hydrogen (secondary N) is 1. The van der Waals surface area contributed by atoms with Gasteiger partial charge in [0, 0.05) is 18.6 Å². The molecule has 7 heteroatoms. The average molecular weight is 294 g/mol. The molecule has 2 aromatic rings. The van der Waals surface area contributed by atoms with Crippen molar-refractivity contribution in [3.8, 4) is 0 Å². The second-order valence-electron chi connectivity index (χ2n) is 4.91. The number of thiazole rings is 1. The lowest BCUT2D eigenvalue weighted by atomic mass is 9.90. The van der Waals surface area contributed by atoms with E-state index < -0.39 is 5.41 Å². The molecule has 2 heterocycles. The minimum atomic E-state index is -0.749. The fourth-order valence-electron chi connectivity index (χ4n) is 1.64. The Labute approximate surface area is 121 Å². The maximum absolute atomic E-state index is 11.9. The maximum atomic E-state index is 11.9. The van der Waals surface area contributed by atoms with Gasteiger partial charge in [-0.25, -0.2) is 4.98 Å². The van der Waals surface area contributed by atoms with Gasteiger partial charge in [0.2, 0.25) is 0 Å². The summed E-state index contributed by atoms with van der Waals surface area (Å²) in [6.45, 7) is 5.79. The molecule has 2 rings (SSSR count). The molecule has 20 heavy (non-hydrogen) atoms. The van der Waals surface area contributed by atoms with Gasteiger partial charge in [0.05, 0.1) is 24.2 Å². The summed E-state index contributed by atoms with van der Waals surface area (Å²) >= 11 is 1.45. The van der Waals surface area contributed by atoms with Crippen LogP contribution < -0.4 is 5.32 Å². The summed E-state index contributed by atoms with van der Waals surface area (Å²) < 4.78 is 6.79. The van der Waals surface area contributed by atoms with Crippen molar-refractivity contribution < 1.29 is 9.53 Å². The number of aromatic nitrogens is 3. The van der Waals surface area contributed by atoms with Crippen LogP contribution in [0.2, 0.25) is 0 Å². The first-order chi connectivity index (χ1) is 9.43. The van der Waals surface area contributed by atoms with Crippen molar-refractivity contribution in [1.82, 2.24) is 14.8 Å². The predicted molar refractivity (Wildman–Crippen MR) is 78.3 cm³/mol. The van der Waals surface area contributed by atoms with Gasteiger partial charge in [-0.2, -0.15) is 5.10 Å². The molecule has 1 N–H and O–H groups in total. The number of carbonyl (C=O) groups is 1. The minimum Gasteiger partial charge on any atom is -0.465 e. The molecule has 0 unspecified atom stereocenters. The molecule has 108 valence electrons. The van der Waals surface area contributed by atoms with Crippen molar-refractivity contribution in [3.05, 3.63) is 23.5 Å². The van der Waals surface area contributed by atoms with E-state index in [0.717, 1.165) is 10.8 Å². The van der Waals surface area contributed by atoms with E-state index >= 15 is 0 Å². The average Bonchev–Trinajstić information content (AvgIpc) is 3.00. The van der Waals surface area contributed by atoms with Crippen molar-refractivity contribution in [3.63, 3.8) is 0 Å². The first kappa shape index (κ1) is 14.5. The zero-order valence-corrected chi connectivity index (χ0v) is 12.8. The highest BCUT2D eigenvalue weighted by atomic mass is 32.1. The van der Waals surface area contributed by atoms with E-state index in [1.165, 1.54) is 11.3 Å². The number of carbonyl (C=O) groups excluding carboxylic acids is 1. The zero-order chi connectivity index (χ0) is 14.8. The Morgan fingerprint density at radius 2 is 2.30 bits per heavy atom. The molecule has 0 aliphatic carbocycles. The number of hydrogen-bond acceptors (Lipinski definition) is 6. The van der Waals surface area contributed by atoms with Gasteiger partial charge in [-0.1, -0.05) is 0 Å². The van der Waals surface area contributed by atoms with Crippen LogP contribution in [0.5, 0.6) is 0 Å². The van der Waals surface area contributed by atoms with E-state index in [1.54, 1.807) is 17.8 Å². The number of rotatable bonds is 5. The van der Waals surface area contributed by atoms with Gasteiger partial charge in [-0.05, 0) is 20.8 Å². The molecule has 0 saturated carbocycles. The van der Waals surface area contributed by atoms with Crippen LogP contribution in [-0.4, -0.2) is 27.3 Å². The second-order valence-corrected chi connectivity index (χ2v) is 5.77. The van der Waals surface area contributed by atoms with Crippen LogP contribution in [0.1, 0.15) is 26.5 Å². The number of hydrogen-bond donors (Lipinski definition) is 1. The Balaban J connectivity index is 2.14. The summed E-state index contributed by atoms with van der Waals surface area (Å²) in [5.41, 5.74) is 0.816. The summed E-state index contributed by atoms with van der Waals surface area (Å²) in [4.78, 5) is 16.4. The third-order valence-corrected chi connectivity index (χ3v) is 3.64. The predicted octanol–water partition coefficient (Wildman–Crippen LogP) is 2.46.